The van der Waals surface area contributed by atoms with Gasteiger partial charge in [-0.3, -0.25) is 19.3 Å². The fourth-order valence-corrected chi connectivity index (χ4v) is 10.0. The molecule has 6 aromatic rings. The van der Waals surface area contributed by atoms with Crippen LogP contribution < -0.4 is 15.0 Å². The number of fused-ring (bicyclic) bond motifs is 4. The topological polar surface area (TPSA) is 203 Å². The molecule has 9 rings (SSSR count). The maximum atomic E-state index is 16.3. The molecule has 340 valence electrons. The number of nitrogens with zero attached hydrogens (tertiary/aromatic N) is 5. The lowest BCUT2D eigenvalue weighted by molar-refractivity contribution is -0.179. The number of amides is 3. The summed E-state index contributed by atoms with van der Waals surface area (Å²) in [6, 6.07) is 30.9. The first kappa shape index (κ1) is 44.3. The number of methoxy groups -OCH3 is 1. The minimum atomic E-state index is -2.31. The van der Waals surface area contributed by atoms with Crippen molar-refractivity contribution in [3.05, 3.63) is 155 Å². The number of cyclic esters (lactones) is 1. The van der Waals surface area contributed by atoms with Crippen LogP contribution in [-0.2, 0) is 40.6 Å². The number of carbonyl (C=O) groups excluding carboxylic acids is 4. The zero-order chi connectivity index (χ0) is 47.0. The van der Waals surface area contributed by atoms with Gasteiger partial charge in [-0.25, -0.2) is 19.2 Å². The van der Waals surface area contributed by atoms with Crippen molar-refractivity contribution in [2.45, 2.75) is 56.1 Å². The molecule has 3 N–H and O–H groups in total. The number of rotatable bonds is 11. The van der Waals surface area contributed by atoms with Gasteiger partial charge in [-0.15, -0.1) is 5.10 Å². The number of imide groups is 1. The average molecular weight is 903 g/mol. The third kappa shape index (κ3) is 7.51. The first-order chi connectivity index (χ1) is 32.5. The number of aliphatic carboxylic acids is 1. The summed E-state index contributed by atoms with van der Waals surface area (Å²) < 4.78 is 19.2. The molecule has 3 aliphatic heterocycles. The summed E-state index contributed by atoms with van der Waals surface area (Å²) >= 11 is 0. The molecule has 3 amide bonds. The molecule has 0 radical (unpaired) electrons. The van der Waals surface area contributed by atoms with E-state index in [1.54, 1.807) is 72.0 Å². The van der Waals surface area contributed by atoms with Crippen LogP contribution in [0.3, 0.4) is 0 Å². The van der Waals surface area contributed by atoms with Crippen molar-refractivity contribution in [2.24, 2.45) is 11.8 Å². The maximum absolute atomic E-state index is 16.3. The molecule has 0 saturated carbocycles. The second-order valence-corrected chi connectivity index (χ2v) is 16.8. The van der Waals surface area contributed by atoms with E-state index in [0.29, 0.717) is 27.8 Å². The van der Waals surface area contributed by atoms with Crippen LogP contribution in [0.4, 0.5) is 10.5 Å². The summed E-state index contributed by atoms with van der Waals surface area (Å²) in [6.45, 7) is 2.98. The molecule has 5 aromatic carbocycles. The number of ether oxygens (including phenoxy) is 3. The Morgan fingerprint density at radius 3 is 2.27 bits per heavy atom. The second-order valence-electron chi connectivity index (χ2n) is 16.8. The number of carbonyl (C=O) groups is 5. The standard InChI is InChI=1S/C51H46N6O10/c1-30(2)41(47(61)65-3)52-50(64)56-37-25-24-31(15-14-26-55-38-22-12-11-21-36(38)53-54-55)29-35(37)51(49(56)63)40(46(59)60)43-48(62)67-44(33-18-8-5-9-19-33)42(32-16-6-4-7-17-32)57(43)45(51)34-20-10-13-23-39(34)66-28-27-58/h4-13,16-25,29-30,40-45,58H,26-28H2,1-3H3,(H,52,64)(H,59,60)/t40-,41-,42-,43-,44+,45+,51-/m0/s1. The lowest BCUT2D eigenvalue weighted by atomic mass is 9.65. The van der Waals surface area contributed by atoms with Crippen molar-refractivity contribution in [1.29, 1.82) is 0 Å². The number of aliphatic hydroxyl groups excluding tert-OH is 1. The van der Waals surface area contributed by atoms with Gasteiger partial charge in [0.1, 0.15) is 53.9 Å². The van der Waals surface area contributed by atoms with Crippen molar-refractivity contribution >= 4 is 46.6 Å². The number of carboxylic acid groups (broad SMARTS) is 1. The number of urea groups is 1. The Labute approximate surface area is 385 Å². The number of anilines is 1. The maximum Gasteiger partial charge on any atom is 0.329 e. The number of hydrogen-bond acceptors (Lipinski definition) is 12. The third-order valence-electron chi connectivity index (χ3n) is 12.8. The molecule has 0 bridgehead atoms. The summed E-state index contributed by atoms with van der Waals surface area (Å²) in [5, 5.41) is 32.9. The fraction of sp³-hybridized carbons (Fsp3) is 0.275. The summed E-state index contributed by atoms with van der Waals surface area (Å²) in [4.78, 5) is 76.2. The van der Waals surface area contributed by atoms with Gasteiger partial charge in [0.25, 0.3) is 0 Å². The summed E-state index contributed by atoms with van der Waals surface area (Å²) in [6.07, 6.45) is -1.02. The number of morpholine rings is 1. The van der Waals surface area contributed by atoms with Crippen molar-refractivity contribution < 1.29 is 48.4 Å². The van der Waals surface area contributed by atoms with Crippen LogP contribution in [0.25, 0.3) is 11.0 Å². The zero-order valence-electron chi connectivity index (χ0n) is 36.7. The second kappa shape index (κ2) is 18.2. The first-order valence-electron chi connectivity index (χ1n) is 21.8. The Balaban J connectivity index is 1.32. The number of benzene rings is 5. The van der Waals surface area contributed by atoms with Gasteiger partial charge in [-0.2, -0.15) is 0 Å². The van der Waals surface area contributed by atoms with Crippen LogP contribution in [0.2, 0.25) is 0 Å². The van der Waals surface area contributed by atoms with E-state index in [2.05, 4.69) is 27.5 Å². The van der Waals surface area contributed by atoms with E-state index in [9.17, 15) is 24.6 Å². The molecule has 0 unspecified atom stereocenters. The highest BCUT2D eigenvalue weighted by Crippen LogP contribution is 2.66. The number of esters is 2. The number of aliphatic hydroxyl groups is 1. The normalized spacial score (nSPS) is 22.4. The van der Waals surface area contributed by atoms with E-state index >= 15 is 9.59 Å². The molecule has 16 heteroatoms. The highest BCUT2D eigenvalue weighted by Gasteiger charge is 2.76. The Morgan fingerprint density at radius 1 is 0.881 bits per heavy atom. The van der Waals surface area contributed by atoms with Crippen LogP contribution in [0, 0.1) is 23.7 Å². The summed E-state index contributed by atoms with van der Waals surface area (Å²) in [5.74, 6) is -0.0794. The first-order valence-corrected chi connectivity index (χ1v) is 21.8. The van der Waals surface area contributed by atoms with Gasteiger partial charge in [0.2, 0.25) is 5.91 Å². The molecular formula is C51H46N6O10. The van der Waals surface area contributed by atoms with Gasteiger partial charge in [0.15, 0.2) is 0 Å². The average Bonchev–Trinajstić information content (AvgIpc) is 3.98. The van der Waals surface area contributed by atoms with Crippen molar-refractivity contribution in [3.8, 4) is 17.6 Å². The van der Waals surface area contributed by atoms with Gasteiger partial charge < -0.3 is 29.7 Å². The number of aromatic nitrogens is 3. The zero-order valence-corrected chi connectivity index (χ0v) is 36.7. The molecule has 2 saturated heterocycles. The highest BCUT2D eigenvalue weighted by molar-refractivity contribution is 6.25. The van der Waals surface area contributed by atoms with Crippen LogP contribution >= 0.6 is 0 Å². The minimum absolute atomic E-state index is 0.0109. The van der Waals surface area contributed by atoms with E-state index < -0.39 is 77.4 Å². The van der Waals surface area contributed by atoms with Gasteiger partial charge in [-0.1, -0.05) is 122 Å². The number of carboxylic acids is 1. The predicted octanol–water partition coefficient (Wildman–Crippen LogP) is 5.51. The molecule has 1 spiro atoms. The van der Waals surface area contributed by atoms with E-state index in [0.717, 1.165) is 10.4 Å². The fourth-order valence-electron chi connectivity index (χ4n) is 10.0. The molecule has 4 heterocycles. The Kier molecular flexibility index (Phi) is 12.0. The smallest absolute Gasteiger partial charge is 0.329 e. The molecule has 2 fully saturated rings. The van der Waals surface area contributed by atoms with Crippen molar-refractivity contribution in [3.63, 3.8) is 0 Å². The molecule has 16 nitrogen and oxygen atoms in total. The van der Waals surface area contributed by atoms with Crippen LogP contribution in [0.1, 0.15) is 59.9 Å². The van der Waals surface area contributed by atoms with Crippen LogP contribution in [0.15, 0.2) is 127 Å². The lowest BCUT2D eigenvalue weighted by Gasteiger charge is -2.46. The molecule has 1 aromatic heterocycles. The lowest BCUT2D eigenvalue weighted by Crippen LogP contribution is -2.56. The predicted molar refractivity (Wildman–Crippen MR) is 242 cm³/mol. The minimum Gasteiger partial charge on any atom is -0.491 e. The summed E-state index contributed by atoms with van der Waals surface area (Å²) in [7, 11) is 1.18. The van der Waals surface area contributed by atoms with Crippen LogP contribution in [0.5, 0.6) is 5.75 Å². The van der Waals surface area contributed by atoms with Gasteiger partial charge in [0.05, 0.1) is 37.0 Å². The highest BCUT2D eigenvalue weighted by atomic mass is 16.6. The van der Waals surface area contributed by atoms with Gasteiger partial charge in [-0.05, 0) is 59.0 Å². The van der Waals surface area contributed by atoms with E-state index in [1.165, 1.54) is 13.2 Å². The molecule has 7 atom stereocenters. The number of para-hydroxylation sites is 2. The number of nitrogens with one attached hydrogen (secondary N) is 1. The third-order valence-corrected chi connectivity index (χ3v) is 12.8. The quantitative estimate of drug-likeness (QED) is 0.109. The molecule has 3 aliphatic rings. The van der Waals surface area contributed by atoms with Crippen molar-refractivity contribution in [2.75, 3.05) is 25.2 Å². The van der Waals surface area contributed by atoms with E-state index in [-0.39, 0.29) is 36.8 Å². The molecule has 0 aliphatic carbocycles. The Hall–Kier alpha value is -7.87. The molecule has 67 heavy (non-hydrogen) atoms. The SMILES string of the molecule is COC(=O)[C@@H](NC(=O)N1C(=O)[C@@]2(c3cc(C#CCn4nnc5ccccc54)ccc31)[C@H](C(=O)O)[C@H]1C(=O)O[C@H](c3ccccc3)[C@H](c3ccccc3)N1[C@@H]2c1ccccc1OCCO)C(C)C. The molecular weight excluding hydrogens is 857 g/mol. The van der Waals surface area contributed by atoms with Crippen molar-refractivity contribution in [1.82, 2.24) is 25.2 Å². The number of hydrogen-bond donors (Lipinski definition) is 3. The monoisotopic (exact) mass is 902 g/mol. The summed E-state index contributed by atoms with van der Waals surface area (Å²) in [5.41, 5.74) is 1.15. The van der Waals surface area contributed by atoms with Gasteiger partial charge >= 0.3 is 23.9 Å². The van der Waals surface area contributed by atoms with Crippen LogP contribution in [-0.4, -0.2) is 92.4 Å². The van der Waals surface area contributed by atoms with E-state index in [4.69, 9.17) is 14.2 Å². The Bertz CT molecular complexity index is 2950. The Morgan fingerprint density at radius 2 is 1.57 bits per heavy atom. The van der Waals surface area contributed by atoms with E-state index in [1.807, 2.05) is 72.8 Å². The largest absolute Gasteiger partial charge is 0.491 e. The van der Waals surface area contributed by atoms with Gasteiger partial charge in [0, 0.05) is 11.1 Å².